The summed E-state index contributed by atoms with van der Waals surface area (Å²) in [6.07, 6.45) is 0.379. The summed E-state index contributed by atoms with van der Waals surface area (Å²) in [5.74, 6) is -0.0675. The van der Waals surface area contributed by atoms with Crippen LogP contribution < -0.4 is 0 Å². The van der Waals surface area contributed by atoms with E-state index < -0.39 is 0 Å². The van der Waals surface area contributed by atoms with E-state index in [1.807, 2.05) is 0 Å². The molecule has 0 aliphatic carbocycles. The molecule has 0 saturated heterocycles. The molecule has 1 rings (SSSR count). The fourth-order valence-electron chi connectivity index (χ4n) is 1.01. The molecule has 13 heavy (non-hydrogen) atoms. The standard InChI is InChI=1S/C9H8BrNO2/c1-2-9(12)7-4-3-6(10)5-8(7)11-13/h3-5H,2H2,1H3. The zero-order valence-corrected chi connectivity index (χ0v) is 8.67. The van der Waals surface area contributed by atoms with E-state index >= 15 is 0 Å². The van der Waals surface area contributed by atoms with Crippen LogP contribution >= 0.6 is 15.9 Å². The van der Waals surface area contributed by atoms with Crippen LogP contribution in [0.15, 0.2) is 27.8 Å². The zero-order chi connectivity index (χ0) is 9.84. The van der Waals surface area contributed by atoms with Crippen molar-refractivity contribution in [3.8, 4) is 0 Å². The fourth-order valence-corrected chi connectivity index (χ4v) is 1.36. The lowest BCUT2D eigenvalue weighted by molar-refractivity contribution is 0.0989. The average molecular weight is 242 g/mol. The lowest BCUT2D eigenvalue weighted by atomic mass is 10.1. The number of nitrogens with zero attached hydrogens (tertiary/aromatic N) is 1. The Morgan fingerprint density at radius 3 is 2.77 bits per heavy atom. The normalized spacial score (nSPS) is 9.69. The first-order chi connectivity index (χ1) is 6.19. The first-order valence-electron chi connectivity index (χ1n) is 3.85. The Morgan fingerprint density at radius 2 is 2.23 bits per heavy atom. The monoisotopic (exact) mass is 241 g/mol. The Kier molecular flexibility index (Phi) is 3.31. The zero-order valence-electron chi connectivity index (χ0n) is 7.08. The second kappa shape index (κ2) is 4.28. The van der Waals surface area contributed by atoms with Crippen molar-refractivity contribution in [3.63, 3.8) is 0 Å². The van der Waals surface area contributed by atoms with Gasteiger partial charge >= 0.3 is 0 Å². The molecule has 0 aliphatic heterocycles. The summed E-state index contributed by atoms with van der Waals surface area (Å²) in [4.78, 5) is 21.7. The minimum atomic E-state index is -0.0675. The third-order valence-corrected chi connectivity index (χ3v) is 2.17. The van der Waals surface area contributed by atoms with Crippen molar-refractivity contribution in [1.82, 2.24) is 0 Å². The van der Waals surface area contributed by atoms with Crippen LogP contribution in [-0.2, 0) is 0 Å². The Bertz CT molecular complexity index is 349. The molecule has 0 saturated carbocycles. The molecule has 0 aromatic heterocycles. The molecule has 0 atom stereocenters. The first kappa shape index (κ1) is 10.1. The van der Waals surface area contributed by atoms with Gasteiger partial charge in [0, 0.05) is 16.5 Å². The average Bonchev–Trinajstić information content (AvgIpc) is 2.16. The number of carbonyl (C=O) groups is 1. The maximum absolute atomic E-state index is 11.3. The van der Waals surface area contributed by atoms with Gasteiger partial charge in [0.05, 0.1) is 0 Å². The Hall–Kier alpha value is -1.03. The van der Waals surface area contributed by atoms with Crippen LogP contribution in [0, 0.1) is 4.91 Å². The predicted octanol–water partition coefficient (Wildman–Crippen LogP) is 3.44. The van der Waals surface area contributed by atoms with E-state index in [-0.39, 0.29) is 11.5 Å². The van der Waals surface area contributed by atoms with Crippen molar-refractivity contribution >= 4 is 27.4 Å². The highest BCUT2D eigenvalue weighted by Gasteiger charge is 2.09. The van der Waals surface area contributed by atoms with E-state index in [2.05, 4.69) is 21.1 Å². The molecule has 0 spiro atoms. The summed E-state index contributed by atoms with van der Waals surface area (Å²) in [5.41, 5.74) is 0.585. The quantitative estimate of drug-likeness (QED) is 0.602. The van der Waals surface area contributed by atoms with E-state index in [0.29, 0.717) is 12.0 Å². The topological polar surface area (TPSA) is 46.5 Å². The molecule has 0 unspecified atom stereocenters. The maximum atomic E-state index is 11.3. The Labute approximate surface area is 84.3 Å². The van der Waals surface area contributed by atoms with Crippen LogP contribution in [0.5, 0.6) is 0 Å². The highest BCUT2D eigenvalue weighted by atomic mass is 79.9. The summed E-state index contributed by atoms with van der Waals surface area (Å²) < 4.78 is 0.745. The van der Waals surface area contributed by atoms with Gasteiger partial charge < -0.3 is 0 Å². The number of halogens is 1. The predicted molar refractivity (Wildman–Crippen MR) is 54.2 cm³/mol. The molecule has 0 fully saturated rings. The Balaban J connectivity index is 3.20. The minimum Gasteiger partial charge on any atom is -0.294 e. The molecular weight excluding hydrogens is 234 g/mol. The van der Waals surface area contributed by atoms with Gasteiger partial charge in [-0.25, -0.2) is 0 Å². The minimum absolute atomic E-state index is 0.0675. The fraction of sp³-hybridized carbons (Fsp3) is 0.222. The number of rotatable bonds is 3. The van der Waals surface area contributed by atoms with Crippen LogP contribution in [0.2, 0.25) is 0 Å². The second-order valence-electron chi connectivity index (χ2n) is 2.53. The van der Waals surface area contributed by atoms with Crippen LogP contribution in [0.25, 0.3) is 0 Å². The third-order valence-electron chi connectivity index (χ3n) is 1.68. The SMILES string of the molecule is CCC(=O)c1ccc(Br)cc1N=O. The van der Waals surface area contributed by atoms with Gasteiger partial charge in [0.25, 0.3) is 0 Å². The number of nitroso groups, excluding NO2 is 1. The van der Waals surface area contributed by atoms with E-state index in [0.717, 1.165) is 4.47 Å². The summed E-state index contributed by atoms with van der Waals surface area (Å²) in [6, 6.07) is 4.86. The van der Waals surface area contributed by atoms with Gasteiger partial charge in [0.1, 0.15) is 5.69 Å². The highest BCUT2D eigenvalue weighted by Crippen LogP contribution is 2.24. The van der Waals surface area contributed by atoms with Crippen LogP contribution in [0.3, 0.4) is 0 Å². The van der Waals surface area contributed by atoms with Crippen molar-refractivity contribution < 1.29 is 4.79 Å². The summed E-state index contributed by atoms with van der Waals surface area (Å²) in [5, 5.41) is 2.80. The van der Waals surface area contributed by atoms with E-state index in [9.17, 15) is 9.70 Å². The van der Waals surface area contributed by atoms with Gasteiger partial charge in [-0.3, -0.25) is 4.79 Å². The number of ketones is 1. The largest absolute Gasteiger partial charge is 0.294 e. The van der Waals surface area contributed by atoms with Crippen molar-refractivity contribution in [2.45, 2.75) is 13.3 Å². The number of Topliss-reactive ketones (excluding diaryl/α,β-unsaturated/α-hetero) is 1. The lowest BCUT2D eigenvalue weighted by Gasteiger charge is -2.00. The number of hydrogen-bond donors (Lipinski definition) is 0. The molecule has 1 aromatic carbocycles. The van der Waals surface area contributed by atoms with Gasteiger partial charge in [-0.2, -0.15) is 0 Å². The summed E-state index contributed by atoms with van der Waals surface area (Å²) >= 11 is 3.20. The molecule has 3 nitrogen and oxygen atoms in total. The molecule has 1 aromatic rings. The third kappa shape index (κ3) is 2.21. The first-order valence-corrected chi connectivity index (χ1v) is 4.64. The van der Waals surface area contributed by atoms with Gasteiger partial charge in [-0.05, 0) is 23.4 Å². The van der Waals surface area contributed by atoms with Crippen molar-refractivity contribution in [3.05, 3.63) is 33.1 Å². The highest BCUT2D eigenvalue weighted by molar-refractivity contribution is 9.10. The van der Waals surface area contributed by atoms with Gasteiger partial charge in [0.2, 0.25) is 0 Å². The molecule has 0 radical (unpaired) electrons. The molecule has 0 heterocycles. The van der Waals surface area contributed by atoms with Crippen LogP contribution in [0.4, 0.5) is 5.69 Å². The van der Waals surface area contributed by atoms with E-state index in [1.165, 1.54) is 6.07 Å². The smallest absolute Gasteiger partial charge is 0.164 e. The van der Waals surface area contributed by atoms with Crippen molar-refractivity contribution in [2.24, 2.45) is 5.18 Å². The molecule has 4 heteroatoms. The van der Waals surface area contributed by atoms with Gasteiger partial charge in [-0.1, -0.05) is 22.9 Å². The molecule has 0 N–H and O–H groups in total. The van der Waals surface area contributed by atoms with Gasteiger partial charge in [0.15, 0.2) is 5.78 Å². The number of hydrogen-bond acceptors (Lipinski definition) is 3. The maximum Gasteiger partial charge on any atom is 0.164 e. The molecule has 0 aliphatic rings. The Morgan fingerprint density at radius 1 is 1.54 bits per heavy atom. The van der Waals surface area contributed by atoms with Crippen molar-refractivity contribution in [1.29, 1.82) is 0 Å². The summed E-state index contributed by atoms with van der Waals surface area (Å²) in [6.45, 7) is 1.75. The van der Waals surface area contributed by atoms with Crippen molar-refractivity contribution in [2.75, 3.05) is 0 Å². The molecule has 0 amide bonds. The molecule has 0 bridgehead atoms. The number of carbonyl (C=O) groups excluding carboxylic acids is 1. The summed E-state index contributed by atoms with van der Waals surface area (Å²) in [7, 11) is 0. The van der Waals surface area contributed by atoms with E-state index in [4.69, 9.17) is 0 Å². The van der Waals surface area contributed by atoms with Crippen LogP contribution in [-0.4, -0.2) is 5.78 Å². The molecule has 68 valence electrons. The molecular formula is C9H8BrNO2. The van der Waals surface area contributed by atoms with E-state index in [1.54, 1.807) is 19.1 Å². The lowest BCUT2D eigenvalue weighted by Crippen LogP contribution is -1.96. The number of benzene rings is 1. The van der Waals surface area contributed by atoms with Gasteiger partial charge in [-0.15, -0.1) is 4.91 Å². The second-order valence-corrected chi connectivity index (χ2v) is 3.45. The van der Waals surface area contributed by atoms with Crippen LogP contribution in [0.1, 0.15) is 23.7 Å².